The molecular weight excluding hydrogens is 1080 g/mol. The fraction of sp³-hybridized carbons (Fsp3) is 0.833. The summed E-state index contributed by atoms with van der Waals surface area (Å²) in [6, 6.07) is -0.590. The van der Waals surface area contributed by atoms with Gasteiger partial charge in [-0.1, -0.05) is 176 Å². The quantitative estimate of drug-likeness (QED) is 0.0192. The number of allylic oxidation sites excluding steroid dienone is 4. The van der Waals surface area contributed by atoms with Gasteiger partial charge in [-0.2, -0.15) is 0 Å². The molecule has 2 amide bonds. The Balaban J connectivity index is 0. The molecule has 478 valence electrons. The molecule has 14 nitrogen and oxygen atoms in total. The highest BCUT2D eigenvalue weighted by Gasteiger charge is 2.25. The van der Waals surface area contributed by atoms with Gasteiger partial charge in [0.05, 0.1) is 12.5 Å². The van der Waals surface area contributed by atoms with Gasteiger partial charge in [0, 0.05) is 44.4 Å². The lowest BCUT2D eigenvalue weighted by Crippen LogP contribution is -2.43. The van der Waals surface area contributed by atoms with Crippen LogP contribution in [0.4, 0.5) is 4.79 Å². The first-order chi connectivity index (χ1) is 39.3. The van der Waals surface area contributed by atoms with Crippen molar-refractivity contribution in [3.8, 4) is 0 Å². The first kappa shape index (κ1) is 80.5. The number of hydrogen-bond acceptors (Lipinski definition) is 14. The summed E-state index contributed by atoms with van der Waals surface area (Å²) in [5.74, 6) is -0.842. The van der Waals surface area contributed by atoms with Gasteiger partial charge in [-0.05, 0) is 138 Å². The Morgan fingerprint density at radius 1 is 0.451 bits per heavy atom. The molecule has 1 unspecified atom stereocenters. The van der Waals surface area contributed by atoms with E-state index in [9.17, 15) is 33.6 Å². The molecule has 82 heavy (non-hydrogen) atoms. The lowest BCUT2D eigenvalue weighted by Gasteiger charge is -2.23. The zero-order chi connectivity index (χ0) is 61.4. The molecule has 0 aliphatic heterocycles. The Labute approximate surface area is 508 Å². The van der Waals surface area contributed by atoms with Crippen molar-refractivity contribution in [2.24, 2.45) is 0 Å². The van der Waals surface area contributed by atoms with Crippen LogP contribution in [-0.4, -0.2) is 96.8 Å². The van der Waals surface area contributed by atoms with E-state index in [2.05, 4.69) is 48.8 Å². The first-order valence-corrected chi connectivity index (χ1v) is 35.0. The van der Waals surface area contributed by atoms with E-state index in [4.69, 9.17) is 23.7 Å². The second kappa shape index (κ2) is 56.6. The number of hydrogen-bond donors (Lipinski definition) is 2. The zero-order valence-corrected chi connectivity index (χ0v) is 55.3. The Hall–Kier alpha value is -3.53. The number of unbranched alkanes of at least 4 members (excludes halogenated alkanes) is 23. The summed E-state index contributed by atoms with van der Waals surface area (Å²) in [5.41, 5.74) is -1.12. The van der Waals surface area contributed by atoms with Crippen LogP contribution < -0.4 is 10.6 Å². The molecule has 0 saturated carbocycles. The van der Waals surface area contributed by atoms with Crippen molar-refractivity contribution in [1.29, 1.82) is 0 Å². The molecule has 0 aromatic heterocycles. The number of rotatable bonds is 52. The van der Waals surface area contributed by atoms with Gasteiger partial charge in [0.2, 0.25) is 5.91 Å². The summed E-state index contributed by atoms with van der Waals surface area (Å²) in [6.45, 7) is 17.5. The van der Waals surface area contributed by atoms with E-state index in [1.165, 1.54) is 96.3 Å². The molecule has 0 radical (unpaired) electrons. The van der Waals surface area contributed by atoms with Crippen LogP contribution >= 0.6 is 21.6 Å². The molecule has 0 saturated heterocycles. The fourth-order valence-corrected chi connectivity index (χ4v) is 9.74. The molecule has 0 aromatic rings. The Morgan fingerprint density at radius 2 is 0.878 bits per heavy atom. The third-order valence-electron chi connectivity index (χ3n) is 13.0. The SMILES string of the molecule is CCCCCCCC/C=C\CCCCCCCC(=O)OC[C@@H](COC(=O)CCC(=O)NCCC)OC(=O)CCCCCCC/C=C\CCCCCCCC.CSSCCCC(=O)C(CCCCC(=O)OC(C)(C)C)NC(=O)OC(C)(C)C. The van der Waals surface area contributed by atoms with Gasteiger partial charge in [0.1, 0.15) is 24.4 Å². The molecule has 0 fully saturated rings. The van der Waals surface area contributed by atoms with E-state index in [1.54, 1.807) is 42.4 Å². The fourth-order valence-electron chi connectivity index (χ4n) is 8.46. The summed E-state index contributed by atoms with van der Waals surface area (Å²) >= 11 is 0. The van der Waals surface area contributed by atoms with Gasteiger partial charge >= 0.3 is 30.0 Å². The highest BCUT2D eigenvalue weighted by molar-refractivity contribution is 8.76. The summed E-state index contributed by atoms with van der Waals surface area (Å²) in [6.07, 6.45) is 45.1. The van der Waals surface area contributed by atoms with Crippen molar-refractivity contribution in [3.63, 3.8) is 0 Å². The molecule has 0 aliphatic carbocycles. The number of ketones is 1. The molecule has 2 atom stereocenters. The average molecular weight is 1200 g/mol. The highest BCUT2D eigenvalue weighted by Crippen LogP contribution is 2.20. The van der Waals surface area contributed by atoms with Crippen LogP contribution in [0.25, 0.3) is 0 Å². The smallest absolute Gasteiger partial charge is 0.408 e. The Bertz CT molecular complexity index is 1680. The summed E-state index contributed by atoms with van der Waals surface area (Å²) in [7, 11) is 3.39. The molecule has 16 heteroatoms. The molecule has 0 aliphatic rings. The zero-order valence-electron chi connectivity index (χ0n) is 53.7. The van der Waals surface area contributed by atoms with Crippen molar-refractivity contribution < 1.29 is 57.2 Å². The second-order valence-electron chi connectivity index (χ2n) is 23.6. The van der Waals surface area contributed by atoms with E-state index in [1.807, 2.05) is 34.0 Å². The van der Waals surface area contributed by atoms with E-state index >= 15 is 0 Å². The predicted molar refractivity (Wildman–Crippen MR) is 341 cm³/mol. The third kappa shape index (κ3) is 61.0. The van der Waals surface area contributed by atoms with Gasteiger partial charge in [-0.25, -0.2) is 4.79 Å². The van der Waals surface area contributed by atoms with Crippen LogP contribution in [0.1, 0.15) is 300 Å². The summed E-state index contributed by atoms with van der Waals surface area (Å²) in [5, 5.41) is 5.44. The minimum absolute atomic E-state index is 0.00447. The second-order valence-corrected chi connectivity index (χ2v) is 26.3. The average Bonchev–Trinajstić information content (AvgIpc) is 3.43. The van der Waals surface area contributed by atoms with Gasteiger partial charge in [0.15, 0.2) is 11.9 Å². The molecule has 0 aromatic carbocycles. The molecule has 0 spiro atoms. The molecule has 2 N–H and O–H groups in total. The first-order valence-electron chi connectivity index (χ1n) is 32.2. The predicted octanol–water partition coefficient (Wildman–Crippen LogP) is 17.5. The number of ether oxygens (including phenoxy) is 5. The number of carbonyl (C=O) groups excluding carboxylic acids is 7. The number of esters is 4. The van der Waals surface area contributed by atoms with Gasteiger partial charge in [0.25, 0.3) is 0 Å². The van der Waals surface area contributed by atoms with Crippen molar-refractivity contribution >= 4 is 63.2 Å². The van der Waals surface area contributed by atoms with Crippen molar-refractivity contribution in [2.45, 2.75) is 323 Å². The van der Waals surface area contributed by atoms with Crippen molar-refractivity contribution in [1.82, 2.24) is 10.6 Å². The van der Waals surface area contributed by atoms with Crippen LogP contribution in [0.15, 0.2) is 24.3 Å². The van der Waals surface area contributed by atoms with Crippen molar-refractivity contribution in [3.05, 3.63) is 24.3 Å². The monoisotopic (exact) mass is 1200 g/mol. The lowest BCUT2D eigenvalue weighted by molar-refractivity contribution is -0.167. The highest BCUT2D eigenvalue weighted by atomic mass is 33.1. The number of Topliss-reactive ketones (excluding diaryl/α,β-unsaturated/α-hetero) is 1. The standard InChI is InChI=1S/C46H83NO7.C20H37NO5S2/c1-4-7-9-11-13-15-17-19-21-23-25-27-29-31-33-35-44(49)52-40-42(41-53-45(50)38-37-43(48)47-39-6-3)54-46(51)36-34-32-30-28-26-24-22-20-18-16-14-12-10-8-5-2;1-19(2,3)25-17(23)13-9-8-11-15(16(22)12-10-14-28-27-7)21-18(24)26-20(4,5)6/h19-22,42H,4-18,23-41H2,1-3H3,(H,47,48);15H,8-14H2,1-7H3,(H,21,24)/b21-19-,22-20-;/t42-;/m0./s1. The van der Waals surface area contributed by atoms with E-state index in [-0.39, 0.29) is 62.1 Å². The molecule has 0 rings (SSSR count). The molecule has 0 bridgehead atoms. The minimum Gasteiger partial charge on any atom is -0.462 e. The maximum atomic E-state index is 12.7. The van der Waals surface area contributed by atoms with Crippen LogP contribution in [0.3, 0.4) is 0 Å². The topological polar surface area (TPSA) is 190 Å². The number of amides is 2. The Kier molecular flexibility index (Phi) is 55.6. The largest absolute Gasteiger partial charge is 0.462 e. The maximum absolute atomic E-state index is 12.7. The van der Waals surface area contributed by atoms with Gasteiger partial charge in [-0.15, -0.1) is 0 Å². The number of nitrogens with one attached hydrogen (secondary N) is 2. The van der Waals surface area contributed by atoms with Crippen LogP contribution in [0.2, 0.25) is 0 Å². The lowest BCUT2D eigenvalue weighted by atomic mass is 10.0. The van der Waals surface area contributed by atoms with Gasteiger partial charge < -0.3 is 34.3 Å². The van der Waals surface area contributed by atoms with Gasteiger partial charge in [-0.3, -0.25) is 28.8 Å². The van der Waals surface area contributed by atoms with Crippen LogP contribution in [0, 0.1) is 0 Å². The van der Waals surface area contributed by atoms with E-state index in [0.29, 0.717) is 45.1 Å². The Morgan fingerprint density at radius 3 is 1.34 bits per heavy atom. The number of alkyl carbamates (subject to hydrolysis) is 1. The van der Waals surface area contributed by atoms with Crippen molar-refractivity contribution in [2.75, 3.05) is 31.8 Å². The summed E-state index contributed by atoms with van der Waals surface area (Å²) < 4.78 is 26.9. The third-order valence-corrected chi connectivity index (χ3v) is 14.9. The van der Waals surface area contributed by atoms with Crippen LogP contribution in [-0.2, 0) is 52.5 Å². The summed E-state index contributed by atoms with van der Waals surface area (Å²) in [4.78, 5) is 85.7. The maximum Gasteiger partial charge on any atom is 0.408 e. The minimum atomic E-state index is -0.878. The molecular formula is C66H120N2O12S2. The normalized spacial score (nSPS) is 12.3. The van der Waals surface area contributed by atoms with E-state index < -0.39 is 35.4 Å². The number of carbonyl (C=O) groups is 7. The molecule has 0 heterocycles. The van der Waals surface area contributed by atoms with Crippen LogP contribution in [0.5, 0.6) is 0 Å². The van der Waals surface area contributed by atoms with E-state index in [0.717, 1.165) is 89.2 Å².